The zero-order valence-corrected chi connectivity index (χ0v) is 12.5. The van der Waals surface area contributed by atoms with Crippen LogP contribution in [0.25, 0.3) is 0 Å². The maximum absolute atomic E-state index is 11.8. The number of carbonyl (C=O) groups is 2. The molecule has 1 aromatic carbocycles. The number of hydrogen-bond donors (Lipinski definition) is 3. The summed E-state index contributed by atoms with van der Waals surface area (Å²) in [6, 6.07) is 5.22. The molecular weight excluding hydrogens is 268 g/mol. The number of anilines is 1. The molecule has 1 aromatic rings. The quantitative estimate of drug-likeness (QED) is 0.794. The van der Waals surface area contributed by atoms with E-state index in [2.05, 4.69) is 12.2 Å². The topological polar surface area (TPSA) is 92.4 Å². The zero-order valence-electron chi connectivity index (χ0n) is 12.5. The molecule has 4 N–H and O–H groups in total. The predicted molar refractivity (Wildman–Crippen MR) is 81.3 cm³/mol. The van der Waals surface area contributed by atoms with Crippen molar-refractivity contribution >= 4 is 17.6 Å². The van der Waals surface area contributed by atoms with Crippen molar-refractivity contribution in [2.24, 2.45) is 11.7 Å². The Kier molecular flexibility index (Phi) is 4.21. The van der Waals surface area contributed by atoms with Crippen molar-refractivity contribution in [3.63, 3.8) is 0 Å². The van der Waals surface area contributed by atoms with Crippen molar-refractivity contribution in [1.82, 2.24) is 0 Å². The van der Waals surface area contributed by atoms with Crippen LogP contribution in [0.3, 0.4) is 0 Å². The van der Waals surface area contributed by atoms with E-state index in [0.29, 0.717) is 30.0 Å². The molecule has 1 aliphatic carbocycles. The summed E-state index contributed by atoms with van der Waals surface area (Å²) in [7, 11) is 0. The zero-order chi connectivity index (χ0) is 15.6. The molecule has 0 radical (unpaired) electrons. The van der Waals surface area contributed by atoms with Crippen LogP contribution in [0.2, 0.25) is 0 Å². The first-order valence-corrected chi connectivity index (χ1v) is 7.26. The smallest absolute Gasteiger partial charge is 0.329 e. The first-order chi connectivity index (χ1) is 9.84. The van der Waals surface area contributed by atoms with E-state index in [1.807, 2.05) is 6.92 Å². The van der Waals surface area contributed by atoms with Crippen molar-refractivity contribution in [2.45, 2.75) is 45.1 Å². The van der Waals surface area contributed by atoms with Gasteiger partial charge in [0.2, 0.25) is 0 Å². The highest BCUT2D eigenvalue weighted by molar-refractivity contribution is 5.99. The molecule has 1 saturated carbocycles. The fourth-order valence-electron chi connectivity index (χ4n) is 3.15. The fourth-order valence-corrected chi connectivity index (χ4v) is 3.15. The van der Waals surface area contributed by atoms with E-state index in [0.717, 1.165) is 18.4 Å². The molecule has 0 bridgehead atoms. The Bertz CT molecular complexity index is 571. The minimum atomic E-state index is -1.02. The number of primary amides is 1. The standard InChI is InChI=1S/C16H22N2O3/c1-10-5-6-12(14(17)19)13(8-10)18-16(15(20)21)7-3-4-11(2)9-16/h5-6,8,11,18H,3-4,7,9H2,1-2H3,(H2,17,19)(H,20,21). The van der Waals surface area contributed by atoms with E-state index in [4.69, 9.17) is 5.73 Å². The van der Waals surface area contributed by atoms with Crippen LogP contribution < -0.4 is 11.1 Å². The van der Waals surface area contributed by atoms with Crippen LogP contribution in [0, 0.1) is 12.8 Å². The SMILES string of the molecule is Cc1ccc(C(N)=O)c(NC2(C(=O)O)CCCC(C)C2)c1. The Morgan fingerprint density at radius 3 is 2.71 bits per heavy atom. The largest absolute Gasteiger partial charge is 0.480 e. The summed E-state index contributed by atoms with van der Waals surface area (Å²) in [5, 5.41) is 12.8. The minimum Gasteiger partial charge on any atom is -0.480 e. The first kappa shape index (κ1) is 15.4. The molecule has 1 aliphatic rings. The molecular formula is C16H22N2O3. The number of amides is 1. The Balaban J connectivity index is 2.40. The highest BCUT2D eigenvalue weighted by atomic mass is 16.4. The highest BCUT2D eigenvalue weighted by Crippen LogP contribution is 2.36. The Labute approximate surface area is 124 Å². The van der Waals surface area contributed by atoms with Gasteiger partial charge in [-0.1, -0.05) is 25.8 Å². The molecule has 2 unspecified atom stereocenters. The number of aliphatic carboxylic acids is 1. The molecule has 2 rings (SSSR count). The van der Waals surface area contributed by atoms with Crippen molar-refractivity contribution < 1.29 is 14.7 Å². The van der Waals surface area contributed by atoms with E-state index in [-0.39, 0.29) is 0 Å². The third-order valence-corrected chi connectivity index (χ3v) is 4.22. The highest BCUT2D eigenvalue weighted by Gasteiger charge is 2.42. The molecule has 0 heterocycles. The Morgan fingerprint density at radius 2 is 2.14 bits per heavy atom. The van der Waals surface area contributed by atoms with Gasteiger partial charge in [-0.05, 0) is 43.4 Å². The van der Waals surface area contributed by atoms with E-state index in [1.165, 1.54) is 0 Å². The average molecular weight is 290 g/mol. The lowest BCUT2D eigenvalue weighted by Crippen LogP contribution is -2.50. The average Bonchev–Trinajstić information content (AvgIpc) is 2.38. The van der Waals surface area contributed by atoms with Crippen LogP contribution in [0.5, 0.6) is 0 Å². The summed E-state index contributed by atoms with van der Waals surface area (Å²) in [5.41, 5.74) is 6.17. The lowest BCUT2D eigenvalue weighted by molar-refractivity contribution is -0.144. The second-order valence-corrected chi connectivity index (χ2v) is 6.13. The number of carboxylic acids is 1. The van der Waals surface area contributed by atoms with Crippen LogP contribution in [0.15, 0.2) is 18.2 Å². The van der Waals surface area contributed by atoms with Gasteiger partial charge < -0.3 is 16.2 Å². The van der Waals surface area contributed by atoms with E-state index in [9.17, 15) is 14.7 Å². The molecule has 0 aliphatic heterocycles. The second-order valence-electron chi connectivity index (χ2n) is 6.13. The van der Waals surface area contributed by atoms with Gasteiger partial charge in [0.25, 0.3) is 5.91 Å². The van der Waals surface area contributed by atoms with Crippen LogP contribution in [-0.2, 0) is 4.79 Å². The number of nitrogens with two attached hydrogens (primary N) is 1. The van der Waals surface area contributed by atoms with Crippen LogP contribution >= 0.6 is 0 Å². The maximum atomic E-state index is 11.8. The molecule has 0 spiro atoms. The Morgan fingerprint density at radius 1 is 1.43 bits per heavy atom. The fraction of sp³-hybridized carbons (Fsp3) is 0.500. The van der Waals surface area contributed by atoms with Gasteiger partial charge in [0, 0.05) is 5.69 Å². The van der Waals surface area contributed by atoms with Crippen LogP contribution in [0.4, 0.5) is 5.69 Å². The minimum absolute atomic E-state index is 0.333. The van der Waals surface area contributed by atoms with E-state index < -0.39 is 17.4 Å². The van der Waals surface area contributed by atoms with Gasteiger partial charge in [-0.3, -0.25) is 4.79 Å². The van der Waals surface area contributed by atoms with Crippen molar-refractivity contribution in [3.05, 3.63) is 29.3 Å². The monoisotopic (exact) mass is 290 g/mol. The van der Waals surface area contributed by atoms with Crippen molar-refractivity contribution in [1.29, 1.82) is 0 Å². The van der Waals surface area contributed by atoms with Gasteiger partial charge in [-0.2, -0.15) is 0 Å². The number of carbonyl (C=O) groups excluding carboxylic acids is 1. The second kappa shape index (κ2) is 5.76. The summed E-state index contributed by atoms with van der Waals surface area (Å²) in [5.74, 6) is -1.09. The Hall–Kier alpha value is -2.04. The number of hydrogen-bond acceptors (Lipinski definition) is 3. The van der Waals surface area contributed by atoms with Crippen molar-refractivity contribution in [2.75, 3.05) is 5.32 Å². The van der Waals surface area contributed by atoms with E-state index >= 15 is 0 Å². The molecule has 21 heavy (non-hydrogen) atoms. The summed E-state index contributed by atoms with van der Waals surface area (Å²) in [4.78, 5) is 23.4. The molecule has 5 heteroatoms. The molecule has 0 saturated heterocycles. The molecule has 2 atom stereocenters. The lowest BCUT2D eigenvalue weighted by Gasteiger charge is -2.38. The number of aryl methyl sites for hydroxylation is 1. The lowest BCUT2D eigenvalue weighted by atomic mass is 9.76. The maximum Gasteiger partial charge on any atom is 0.329 e. The summed E-state index contributed by atoms with van der Waals surface area (Å²) < 4.78 is 0. The number of carboxylic acid groups (broad SMARTS) is 1. The molecule has 1 amide bonds. The summed E-state index contributed by atoms with van der Waals surface area (Å²) >= 11 is 0. The van der Waals surface area contributed by atoms with Crippen LogP contribution in [-0.4, -0.2) is 22.5 Å². The van der Waals surface area contributed by atoms with Gasteiger partial charge in [0.05, 0.1) is 5.56 Å². The van der Waals surface area contributed by atoms with Crippen molar-refractivity contribution in [3.8, 4) is 0 Å². The molecule has 0 aromatic heterocycles. The number of nitrogens with one attached hydrogen (secondary N) is 1. The molecule has 5 nitrogen and oxygen atoms in total. The third-order valence-electron chi connectivity index (χ3n) is 4.22. The van der Waals surface area contributed by atoms with Gasteiger partial charge in [0.15, 0.2) is 0 Å². The van der Waals surface area contributed by atoms with Crippen LogP contribution in [0.1, 0.15) is 48.5 Å². The number of benzene rings is 1. The van der Waals surface area contributed by atoms with Gasteiger partial charge >= 0.3 is 5.97 Å². The van der Waals surface area contributed by atoms with Gasteiger partial charge in [0.1, 0.15) is 5.54 Å². The van der Waals surface area contributed by atoms with Gasteiger partial charge in [-0.25, -0.2) is 4.79 Å². The number of rotatable bonds is 4. The normalized spacial score (nSPS) is 25.3. The first-order valence-electron chi connectivity index (χ1n) is 7.26. The summed E-state index contributed by atoms with van der Waals surface area (Å²) in [6.45, 7) is 3.96. The molecule has 114 valence electrons. The predicted octanol–water partition coefficient (Wildman–Crippen LogP) is 2.54. The van der Waals surface area contributed by atoms with E-state index in [1.54, 1.807) is 18.2 Å². The summed E-state index contributed by atoms with van der Waals surface area (Å²) in [6.07, 6.45) is 3.00. The van der Waals surface area contributed by atoms with Gasteiger partial charge in [-0.15, -0.1) is 0 Å². The third kappa shape index (κ3) is 3.17. The molecule has 1 fully saturated rings.